The number of rotatable bonds is 5. The van der Waals surface area contributed by atoms with Crippen molar-refractivity contribution in [2.75, 3.05) is 11.5 Å². The van der Waals surface area contributed by atoms with Crippen LogP contribution in [-0.4, -0.2) is 20.2 Å². The van der Waals surface area contributed by atoms with Crippen LogP contribution < -0.4 is 11.5 Å². The number of hydrogen-bond acceptors (Lipinski definition) is 12. The predicted molar refractivity (Wildman–Crippen MR) is 161 cm³/mol. The molecule has 4 aromatic carbocycles. The van der Waals surface area contributed by atoms with E-state index in [0.29, 0.717) is 44.1 Å². The van der Waals surface area contributed by atoms with Crippen molar-refractivity contribution in [3.8, 4) is 21.3 Å². The van der Waals surface area contributed by atoms with Crippen LogP contribution in [-0.2, 0) is 0 Å². The van der Waals surface area contributed by atoms with Gasteiger partial charge in [0, 0.05) is 34.9 Å². The molecule has 0 unspecified atom stereocenters. The number of hydrogen-bond donors (Lipinski definition) is 4. The smallest absolute Gasteiger partial charge is 0.230 e. The molecule has 0 aliphatic carbocycles. The second-order valence-corrected chi connectivity index (χ2v) is 11.1. The van der Waals surface area contributed by atoms with Gasteiger partial charge in [-0.2, -0.15) is 0 Å². The molecule has 6 aromatic rings. The van der Waals surface area contributed by atoms with Gasteiger partial charge >= 0.3 is 0 Å². The van der Waals surface area contributed by atoms with Crippen molar-refractivity contribution < 1.29 is 10.2 Å². The number of anilines is 2. The van der Waals surface area contributed by atoms with Gasteiger partial charge in [-0.15, -0.1) is 20.5 Å². The molecule has 0 bridgehead atoms. The Bertz CT molecular complexity index is 1850. The summed E-state index contributed by atoms with van der Waals surface area (Å²) in [5, 5.41) is 42.6. The number of nitrogens with two attached hydrogens (primary N) is 2. The summed E-state index contributed by atoms with van der Waals surface area (Å²) in [5.41, 5.74) is 15.1. The molecule has 0 atom stereocenters. The Morgan fingerprint density at radius 1 is 0.625 bits per heavy atom. The van der Waals surface area contributed by atoms with E-state index >= 15 is 0 Å². The summed E-state index contributed by atoms with van der Waals surface area (Å²) >= 11 is 2.67. The lowest BCUT2D eigenvalue weighted by Gasteiger charge is -2.08. The Balaban J connectivity index is 1.22. The maximum atomic E-state index is 10.6. The molecule has 6 rings (SSSR count). The van der Waals surface area contributed by atoms with Gasteiger partial charge in [-0.1, -0.05) is 34.8 Å². The monoisotopic (exact) mass is 566 g/mol. The molecule has 40 heavy (non-hydrogen) atoms. The van der Waals surface area contributed by atoms with Gasteiger partial charge in [0.2, 0.25) is 10.3 Å². The van der Waals surface area contributed by atoms with E-state index in [4.69, 9.17) is 11.5 Å². The second-order valence-electron chi connectivity index (χ2n) is 9.11. The van der Waals surface area contributed by atoms with Gasteiger partial charge in [0.15, 0.2) is 0 Å². The van der Waals surface area contributed by atoms with E-state index in [9.17, 15) is 10.2 Å². The number of nitrogen functional groups attached to an aromatic ring is 2. The quantitative estimate of drug-likeness (QED) is 0.120. The van der Waals surface area contributed by atoms with Crippen molar-refractivity contribution in [3.63, 3.8) is 0 Å². The fourth-order valence-electron chi connectivity index (χ4n) is 4.32. The van der Waals surface area contributed by atoms with Crippen molar-refractivity contribution >= 4 is 77.2 Å². The largest absolute Gasteiger partial charge is 0.505 e. The number of aryl methyl sites for hydroxylation is 2. The zero-order valence-electron chi connectivity index (χ0n) is 21.3. The van der Waals surface area contributed by atoms with Gasteiger partial charge in [-0.25, -0.2) is 9.97 Å². The first-order valence-corrected chi connectivity index (χ1v) is 13.7. The summed E-state index contributed by atoms with van der Waals surface area (Å²) in [7, 11) is 0. The zero-order valence-corrected chi connectivity index (χ0v) is 23.0. The summed E-state index contributed by atoms with van der Waals surface area (Å²) in [5.74, 6) is 0.0979. The lowest BCUT2D eigenvalue weighted by molar-refractivity contribution is 0.473. The molecule has 0 spiro atoms. The number of nitrogens with zero attached hydrogens (tertiary/aromatic N) is 6. The number of aromatic hydroxyl groups is 2. The first kappa shape index (κ1) is 25.3. The third-order valence-electron chi connectivity index (χ3n) is 6.46. The van der Waals surface area contributed by atoms with Crippen LogP contribution in [0.2, 0.25) is 0 Å². The van der Waals surface area contributed by atoms with Crippen molar-refractivity contribution in [2.24, 2.45) is 20.5 Å². The third kappa shape index (κ3) is 4.70. The summed E-state index contributed by atoms with van der Waals surface area (Å²) < 4.78 is 0. The number of phenols is 2. The van der Waals surface area contributed by atoms with E-state index in [1.54, 1.807) is 36.7 Å². The minimum absolute atomic E-state index is 0.0489. The van der Waals surface area contributed by atoms with Crippen LogP contribution in [0.25, 0.3) is 31.3 Å². The van der Waals surface area contributed by atoms with E-state index in [1.807, 2.05) is 38.1 Å². The first-order chi connectivity index (χ1) is 19.3. The molecule has 0 amide bonds. The molecule has 0 saturated heterocycles. The number of azo groups is 2. The van der Waals surface area contributed by atoms with E-state index in [1.165, 1.54) is 22.7 Å². The molecule has 10 nitrogen and oxygen atoms in total. The molecule has 0 fully saturated rings. The molecule has 12 heteroatoms. The van der Waals surface area contributed by atoms with Crippen molar-refractivity contribution in [3.05, 3.63) is 72.1 Å². The lowest BCUT2D eigenvalue weighted by Crippen LogP contribution is -1.86. The molecule has 198 valence electrons. The highest BCUT2D eigenvalue weighted by Crippen LogP contribution is 2.41. The molecule has 0 aliphatic heterocycles. The number of benzene rings is 4. The Morgan fingerprint density at radius 2 is 1.05 bits per heavy atom. The van der Waals surface area contributed by atoms with Crippen LogP contribution in [0.4, 0.5) is 33.0 Å². The predicted octanol–water partition coefficient (Wildman–Crippen LogP) is 8.60. The number of thiazole rings is 2. The third-order valence-corrected chi connectivity index (χ3v) is 8.42. The number of phenolic OH excluding ortho intramolecular Hbond substituents is 2. The summed E-state index contributed by atoms with van der Waals surface area (Å²) in [6.45, 7) is 3.63. The topological polar surface area (TPSA) is 168 Å². The van der Waals surface area contributed by atoms with Gasteiger partial charge in [-0.05, 0) is 71.8 Å². The molecular weight excluding hydrogens is 544 g/mol. The van der Waals surface area contributed by atoms with Crippen LogP contribution in [0.5, 0.6) is 11.5 Å². The summed E-state index contributed by atoms with van der Waals surface area (Å²) in [6.07, 6.45) is 3.37. The highest BCUT2D eigenvalue weighted by molar-refractivity contribution is 7.25. The van der Waals surface area contributed by atoms with Crippen LogP contribution in [0, 0.1) is 13.8 Å². The standard InChI is InChI=1S/C28H22N8O2S2/c1-13-19-9-17(29)5-3-15(19)7-21(25(13)37)33-35-27-31-11-23(39-27)24-12-32-28(40-24)36-34-22-8-16-4-6-18(30)10-20(16)14(2)26(22)38/h3-12,37-38H,29-30H2,1-2H3/b35-33+,36-34+. The van der Waals surface area contributed by atoms with Crippen molar-refractivity contribution in [2.45, 2.75) is 13.8 Å². The molecule has 0 aliphatic rings. The van der Waals surface area contributed by atoms with Crippen LogP contribution in [0.1, 0.15) is 11.1 Å². The first-order valence-electron chi connectivity index (χ1n) is 12.1. The molecule has 6 N–H and O–H groups in total. The average Bonchev–Trinajstić information content (AvgIpc) is 3.62. The van der Waals surface area contributed by atoms with Gasteiger partial charge < -0.3 is 21.7 Å². The van der Waals surface area contributed by atoms with Crippen LogP contribution >= 0.6 is 22.7 Å². The Hall–Kier alpha value is -4.94. The van der Waals surface area contributed by atoms with Gasteiger partial charge in [0.1, 0.15) is 22.9 Å². The van der Waals surface area contributed by atoms with E-state index in [0.717, 1.165) is 31.3 Å². The Kier molecular flexibility index (Phi) is 6.33. The number of fused-ring (bicyclic) bond motifs is 2. The molecule has 2 heterocycles. The second kappa shape index (κ2) is 9.98. The SMILES string of the molecule is Cc1c(O)c(/N=N/c2ncc(-c3cnc(/N=N/c4cc5ccc(N)cc5c(C)c4O)s3)s2)cc2ccc(N)cc12. The molecular formula is C28H22N8O2S2. The lowest BCUT2D eigenvalue weighted by atomic mass is 10.0. The van der Waals surface area contributed by atoms with Crippen molar-refractivity contribution in [1.29, 1.82) is 0 Å². The maximum Gasteiger partial charge on any atom is 0.230 e. The molecule has 0 saturated carbocycles. The maximum absolute atomic E-state index is 10.6. The minimum atomic E-state index is 0.0489. The number of aromatic nitrogens is 2. The molecule has 0 radical (unpaired) electrons. The van der Waals surface area contributed by atoms with E-state index < -0.39 is 0 Å². The average molecular weight is 567 g/mol. The highest BCUT2D eigenvalue weighted by Gasteiger charge is 2.13. The Labute approximate surface area is 236 Å². The fraction of sp³-hybridized carbons (Fsp3) is 0.0714. The van der Waals surface area contributed by atoms with Crippen molar-refractivity contribution in [1.82, 2.24) is 9.97 Å². The highest BCUT2D eigenvalue weighted by atomic mass is 32.1. The van der Waals surface area contributed by atoms with Gasteiger partial charge in [0.25, 0.3) is 0 Å². The fourth-order valence-corrected chi connectivity index (χ4v) is 5.85. The zero-order chi connectivity index (χ0) is 28.0. The van der Waals surface area contributed by atoms with E-state index in [-0.39, 0.29) is 11.5 Å². The molecule has 2 aromatic heterocycles. The van der Waals surface area contributed by atoms with E-state index in [2.05, 4.69) is 30.4 Å². The van der Waals surface area contributed by atoms with Gasteiger partial charge in [0.05, 0.1) is 9.75 Å². The minimum Gasteiger partial charge on any atom is -0.505 e. The Morgan fingerprint density at radius 3 is 1.48 bits per heavy atom. The summed E-state index contributed by atoms with van der Waals surface area (Å²) in [4.78, 5) is 10.3. The normalized spacial score (nSPS) is 11.9. The van der Waals surface area contributed by atoms with Gasteiger partial charge in [-0.3, -0.25) is 0 Å². The van der Waals surface area contributed by atoms with Crippen LogP contribution in [0.3, 0.4) is 0 Å². The summed E-state index contributed by atoms with van der Waals surface area (Å²) in [6, 6.07) is 14.5. The van der Waals surface area contributed by atoms with Crippen LogP contribution in [0.15, 0.2) is 81.4 Å².